The third-order valence-electron chi connectivity index (χ3n) is 2.70. The molecule has 1 aromatic heterocycles. The van der Waals surface area contributed by atoms with E-state index in [1.54, 1.807) is 11.0 Å². The fraction of sp³-hybridized carbons (Fsp3) is 0.385. The summed E-state index contributed by atoms with van der Waals surface area (Å²) in [5, 5.41) is 4.38. The molecule has 0 atom stereocenters. The minimum absolute atomic E-state index is 0.244. The van der Waals surface area contributed by atoms with Gasteiger partial charge in [-0.05, 0) is 31.4 Å². The molecule has 96 valence electrons. The van der Waals surface area contributed by atoms with E-state index in [1.165, 1.54) is 0 Å². The Morgan fingerprint density at radius 3 is 2.89 bits per heavy atom. The van der Waals surface area contributed by atoms with E-state index in [0.717, 1.165) is 24.9 Å². The number of unbranched alkanes of at least 4 members (excludes halogenated alkanes) is 2. The van der Waals surface area contributed by atoms with Crippen LogP contribution in [0.15, 0.2) is 30.6 Å². The van der Waals surface area contributed by atoms with Gasteiger partial charge in [0.15, 0.2) is 5.82 Å². The molecule has 2 rings (SSSR count). The molecule has 0 aliphatic rings. The maximum atomic E-state index is 11.9. The SMILES string of the molecule is Nc1cccc(-c2ncn(CCCCCF)n2)c1. The number of hydrogen-bond donors (Lipinski definition) is 1. The Kier molecular flexibility index (Phi) is 4.28. The molecule has 0 unspecified atom stereocenters. The lowest BCUT2D eigenvalue weighted by atomic mass is 10.2. The van der Waals surface area contributed by atoms with E-state index in [0.29, 0.717) is 17.9 Å². The fourth-order valence-corrected chi connectivity index (χ4v) is 1.76. The zero-order valence-electron chi connectivity index (χ0n) is 10.2. The van der Waals surface area contributed by atoms with Crippen molar-refractivity contribution in [2.45, 2.75) is 25.8 Å². The maximum Gasteiger partial charge on any atom is 0.181 e. The van der Waals surface area contributed by atoms with E-state index in [9.17, 15) is 4.39 Å². The highest BCUT2D eigenvalue weighted by Gasteiger charge is 2.04. The van der Waals surface area contributed by atoms with Crippen LogP contribution in [0.4, 0.5) is 10.1 Å². The van der Waals surface area contributed by atoms with Gasteiger partial charge in [-0.3, -0.25) is 9.07 Å². The first-order valence-electron chi connectivity index (χ1n) is 6.11. The Hall–Kier alpha value is -1.91. The van der Waals surface area contributed by atoms with Gasteiger partial charge in [0.2, 0.25) is 0 Å². The Morgan fingerprint density at radius 2 is 2.11 bits per heavy atom. The summed E-state index contributed by atoms with van der Waals surface area (Å²) in [6.07, 6.45) is 4.12. The summed E-state index contributed by atoms with van der Waals surface area (Å²) < 4.78 is 13.7. The number of nitrogens with zero attached hydrogens (tertiary/aromatic N) is 3. The highest BCUT2D eigenvalue weighted by Crippen LogP contribution is 2.17. The molecule has 18 heavy (non-hydrogen) atoms. The molecule has 0 amide bonds. The van der Waals surface area contributed by atoms with Gasteiger partial charge in [0.25, 0.3) is 0 Å². The maximum absolute atomic E-state index is 11.9. The van der Waals surface area contributed by atoms with Crippen LogP contribution >= 0.6 is 0 Å². The van der Waals surface area contributed by atoms with Gasteiger partial charge >= 0.3 is 0 Å². The molecule has 0 saturated heterocycles. The molecular formula is C13H17FN4. The Labute approximate surface area is 106 Å². The van der Waals surface area contributed by atoms with Gasteiger partial charge in [-0.15, -0.1) is 0 Å². The van der Waals surface area contributed by atoms with Gasteiger partial charge in [-0.2, -0.15) is 5.10 Å². The molecule has 0 aliphatic carbocycles. The Morgan fingerprint density at radius 1 is 1.22 bits per heavy atom. The van der Waals surface area contributed by atoms with Crippen molar-refractivity contribution in [1.29, 1.82) is 0 Å². The van der Waals surface area contributed by atoms with Crippen molar-refractivity contribution in [3.8, 4) is 11.4 Å². The predicted molar refractivity (Wildman–Crippen MR) is 69.7 cm³/mol. The third-order valence-corrected chi connectivity index (χ3v) is 2.70. The van der Waals surface area contributed by atoms with Crippen molar-refractivity contribution in [3.05, 3.63) is 30.6 Å². The van der Waals surface area contributed by atoms with Crippen LogP contribution in [0.3, 0.4) is 0 Å². The van der Waals surface area contributed by atoms with E-state index in [-0.39, 0.29) is 6.67 Å². The minimum atomic E-state index is -0.244. The molecule has 0 radical (unpaired) electrons. The average Bonchev–Trinajstić information content (AvgIpc) is 2.83. The summed E-state index contributed by atoms with van der Waals surface area (Å²) in [6.45, 7) is 0.529. The number of aromatic nitrogens is 3. The highest BCUT2D eigenvalue weighted by molar-refractivity contribution is 5.60. The van der Waals surface area contributed by atoms with Crippen LogP contribution in [-0.2, 0) is 6.54 Å². The smallest absolute Gasteiger partial charge is 0.181 e. The first-order chi connectivity index (χ1) is 8.79. The van der Waals surface area contributed by atoms with Crippen molar-refractivity contribution in [1.82, 2.24) is 14.8 Å². The number of hydrogen-bond acceptors (Lipinski definition) is 3. The van der Waals surface area contributed by atoms with E-state index in [1.807, 2.05) is 24.3 Å². The largest absolute Gasteiger partial charge is 0.399 e. The number of alkyl halides is 1. The second-order valence-corrected chi connectivity index (χ2v) is 4.21. The molecule has 0 aliphatic heterocycles. The molecule has 0 spiro atoms. The molecule has 1 aromatic carbocycles. The zero-order chi connectivity index (χ0) is 12.8. The van der Waals surface area contributed by atoms with Crippen molar-refractivity contribution < 1.29 is 4.39 Å². The summed E-state index contributed by atoms with van der Waals surface area (Å²) in [7, 11) is 0. The van der Waals surface area contributed by atoms with Gasteiger partial charge in [0, 0.05) is 17.8 Å². The topological polar surface area (TPSA) is 56.7 Å². The summed E-state index contributed by atoms with van der Waals surface area (Å²) >= 11 is 0. The van der Waals surface area contributed by atoms with E-state index in [2.05, 4.69) is 10.1 Å². The summed E-state index contributed by atoms with van der Waals surface area (Å²) in [5.41, 5.74) is 7.33. The first kappa shape index (κ1) is 12.5. The fourth-order valence-electron chi connectivity index (χ4n) is 1.76. The molecule has 2 N–H and O–H groups in total. The lowest BCUT2D eigenvalue weighted by molar-refractivity contribution is 0.443. The molecule has 1 heterocycles. The number of aryl methyl sites for hydroxylation is 1. The summed E-state index contributed by atoms with van der Waals surface area (Å²) in [5.74, 6) is 0.674. The van der Waals surface area contributed by atoms with Crippen LogP contribution in [0.2, 0.25) is 0 Å². The summed E-state index contributed by atoms with van der Waals surface area (Å²) in [4.78, 5) is 4.25. The number of rotatable bonds is 6. The van der Waals surface area contributed by atoms with Crippen LogP contribution < -0.4 is 5.73 Å². The van der Waals surface area contributed by atoms with Crippen LogP contribution in [0, 0.1) is 0 Å². The molecule has 2 aromatic rings. The van der Waals surface area contributed by atoms with Crippen LogP contribution in [0.5, 0.6) is 0 Å². The van der Waals surface area contributed by atoms with Gasteiger partial charge in [0.05, 0.1) is 6.67 Å². The van der Waals surface area contributed by atoms with Crippen LogP contribution in [-0.4, -0.2) is 21.4 Å². The monoisotopic (exact) mass is 248 g/mol. The van der Waals surface area contributed by atoms with Crippen LogP contribution in [0.25, 0.3) is 11.4 Å². The Bertz CT molecular complexity index is 495. The molecule has 0 fully saturated rings. The predicted octanol–water partition coefficient (Wildman–Crippen LogP) is 2.67. The standard InChI is InChI=1S/C13H17FN4/c14-7-2-1-3-8-18-10-16-13(17-18)11-5-4-6-12(15)9-11/h4-6,9-10H,1-3,7-8,15H2. The second-order valence-electron chi connectivity index (χ2n) is 4.21. The van der Waals surface area contributed by atoms with Crippen molar-refractivity contribution in [2.75, 3.05) is 12.4 Å². The number of halogens is 1. The second kappa shape index (κ2) is 6.14. The van der Waals surface area contributed by atoms with Gasteiger partial charge < -0.3 is 5.73 Å². The highest BCUT2D eigenvalue weighted by atomic mass is 19.1. The first-order valence-corrected chi connectivity index (χ1v) is 6.11. The van der Waals surface area contributed by atoms with E-state index in [4.69, 9.17) is 5.73 Å². The summed E-state index contributed by atoms with van der Waals surface area (Å²) in [6, 6.07) is 7.49. The Balaban J connectivity index is 1.97. The quantitative estimate of drug-likeness (QED) is 0.631. The lowest BCUT2D eigenvalue weighted by Crippen LogP contribution is -1.99. The molecule has 0 saturated carbocycles. The minimum Gasteiger partial charge on any atom is -0.399 e. The van der Waals surface area contributed by atoms with Gasteiger partial charge in [0.1, 0.15) is 6.33 Å². The van der Waals surface area contributed by atoms with Crippen molar-refractivity contribution in [3.63, 3.8) is 0 Å². The average molecular weight is 248 g/mol. The van der Waals surface area contributed by atoms with Crippen LogP contribution in [0.1, 0.15) is 19.3 Å². The van der Waals surface area contributed by atoms with Crippen molar-refractivity contribution >= 4 is 5.69 Å². The molecule has 5 heteroatoms. The number of nitrogen functional groups attached to an aromatic ring is 1. The molecule has 4 nitrogen and oxygen atoms in total. The van der Waals surface area contributed by atoms with Gasteiger partial charge in [-0.25, -0.2) is 4.98 Å². The van der Waals surface area contributed by atoms with Gasteiger partial charge in [-0.1, -0.05) is 12.1 Å². The molecular weight excluding hydrogens is 231 g/mol. The lowest BCUT2D eigenvalue weighted by Gasteiger charge is -1.99. The number of benzene rings is 1. The van der Waals surface area contributed by atoms with Crippen molar-refractivity contribution in [2.24, 2.45) is 0 Å². The zero-order valence-corrected chi connectivity index (χ0v) is 10.2. The number of nitrogens with two attached hydrogens (primary N) is 1. The third kappa shape index (κ3) is 3.29. The van der Waals surface area contributed by atoms with E-state index < -0.39 is 0 Å². The molecule has 0 bridgehead atoms. The normalized spacial score (nSPS) is 10.7. The van der Waals surface area contributed by atoms with E-state index >= 15 is 0 Å². The number of anilines is 1.